The van der Waals surface area contributed by atoms with Crippen molar-refractivity contribution in [2.24, 2.45) is 0 Å². The number of ether oxygens (including phenoxy) is 1. The molecule has 29 heavy (non-hydrogen) atoms. The van der Waals surface area contributed by atoms with Gasteiger partial charge in [-0.2, -0.15) is 0 Å². The summed E-state index contributed by atoms with van der Waals surface area (Å²) in [4.78, 5) is 23.6. The van der Waals surface area contributed by atoms with Crippen LogP contribution in [0, 0.1) is 0 Å². The summed E-state index contributed by atoms with van der Waals surface area (Å²) in [5, 5.41) is 2.19. The zero-order chi connectivity index (χ0) is 21.1. The smallest absolute Gasteiger partial charge is 0.302 e. The van der Waals surface area contributed by atoms with E-state index in [1.54, 1.807) is 0 Å². The standard InChI is InChI=1S/C24H28O4Si/c1-18(25)27-17-19-15-20(16-23(19)26)28-29(24(2,3)4,21-11-7-5-8-12-21)22-13-9-6-10-14-22/h5-15,20H,16-17H2,1-4H3/t20-/m1/s1. The molecule has 1 aliphatic carbocycles. The van der Waals surface area contributed by atoms with Gasteiger partial charge >= 0.3 is 5.97 Å². The molecule has 0 aromatic heterocycles. The van der Waals surface area contributed by atoms with Gasteiger partial charge in [-0.1, -0.05) is 81.4 Å². The fraction of sp³-hybridized carbons (Fsp3) is 0.333. The first kappa shape index (κ1) is 21.2. The van der Waals surface area contributed by atoms with Crippen molar-refractivity contribution < 1.29 is 18.8 Å². The molecule has 2 aromatic rings. The molecule has 0 spiro atoms. The predicted molar refractivity (Wildman–Crippen MR) is 117 cm³/mol. The van der Waals surface area contributed by atoms with Gasteiger partial charge in [0.1, 0.15) is 6.61 Å². The van der Waals surface area contributed by atoms with Crippen molar-refractivity contribution in [2.75, 3.05) is 6.61 Å². The summed E-state index contributed by atoms with van der Waals surface area (Å²) < 4.78 is 12.0. The summed E-state index contributed by atoms with van der Waals surface area (Å²) in [7, 11) is -2.72. The van der Waals surface area contributed by atoms with Gasteiger partial charge in [-0.15, -0.1) is 0 Å². The Kier molecular flexibility index (Phi) is 6.20. The highest BCUT2D eigenvalue weighted by Crippen LogP contribution is 2.38. The molecule has 0 aliphatic heterocycles. The van der Waals surface area contributed by atoms with E-state index in [1.165, 1.54) is 17.3 Å². The van der Waals surface area contributed by atoms with Crippen molar-refractivity contribution in [3.05, 3.63) is 72.3 Å². The Hall–Kier alpha value is -2.50. The Balaban J connectivity index is 2.05. The predicted octanol–water partition coefficient (Wildman–Crippen LogP) is 3.39. The summed E-state index contributed by atoms with van der Waals surface area (Å²) in [5.41, 5.74) is 0.517. The molecule has 3 rings (SSSR count). The maximum atomic E-state index is 12.5. The van der Waals surface area contributed by atoms with Crippen molar-refractivity contribution in [3.63, 3.8) is 0 Å². The summed E-state index contributed by atoms with van der Waals surface area (Å²) in [6.45, 7) is 7.98. The third kappa shape index (κ3) is 4.41. The van der Waals surface area contributed by atoms with Crippen LogP contribution in [0.3, 0.4) is 0 Å². The molecule has 4 nitrogen and oxygen atoms in total. The fourth-order valence-electron chi connectivity index (χ4n) is 3.99. The first-order valence-electron chi connectivity index (χ1n) is 9.90. The van der Waals surface area contributed by atoms with Crippen LogP contribution < -0.4 is 10.4 Å². The molecular weight excluding hydrogens is 380 g/mol. The van der Waals surface area contributed by atoms with Gasteiger partial charge in [-0.05, 0) is 21.5 Å². The lowest BCUT2D eigenvalue weighted by molar-refractivity contribution is -0.140. The lowest BCUT2D eigenvalue weighted by Crippen LogP contribution is -2.67. The molecule has 5 heteroatoms. The lowest BCUT2D eigenvalue weighted by Gasteiger charge is -2.44. The van der Waals surface area contributed by atoms with Crippen molar-refractivity contribution in [2.45, 2.75) is 45.3 Å². The molecule has 0 saturated heterocycles. The van der Waals surface area contributed by atoms with Crippen LogP contribution in [-0.4, -0.2) is 32.8 Å². The molecule has 1 atom stereocenters. The molecule has 0 bridgehead atoms. The van der Waals surface area contributed by atoms with Gasteiger partial charge in [0.15, 0.2) is 5.78 Å². The van der Waals surface area contributed by atoms with Gasteiger partial charge < -0.3 is 9.16 Å². The molecule has 152 valence electrons. The van der Waals surface area contributed by atoms with E-state index in [9.17, 15) is 9.59 Å². The summed E-state index contributed by atoms with van der Waals surface area (Å²) in [6.07, 6.45) is 1.78. The SMILES string of the molecule is CC(=O)OCC1=C[C@@H](O[Si](c2ccccc2)(c2ccccc2)C(C)(C)C)CC1=O. The van der Waals surface area contributed by atoms with Crippen LogP contribution in [0.5, 0.6) is 0 Å². The van der Waals surface area contributed by atoms with Gasteiger partial charge in [-0.25, -0.2) is 0 Å². The van der Waals surface area contributed by atoms with E-state index in [4.69, 9.17) is 9.16 Å². The number of Topliss-reactive ketones (excluding diaryl/α,β-unsaturated/α-hetero) is 1. The second kappa shape index (κ2) is 8.47. The number of benzene rings is 2. The molecule has 0 radical (unpaired) electrons. The minimum Gasteiger partial charge on any atom is -0.461 e. The Bertz CT molecular complexity index is 858. The van der Waals surface area contributed by atoms with Crippen LogP contribution in [-0.2, 0) is 18.8 Å². The Morgan fingerprint density at radius 2 is 1.52 bits per heavy atom. The van der Waals surface area contributed by atoms with Crippen LogP contribution in [0.4, 0.5) is 0 Å². The third-order valence-corrected chi connectivity index (χ3v) is 10.4. The lowest BCUT2D eigenvalue weighted by atomic mass is 10.2. The van der Waals surface area contributed by atoms with E-state index < -0.39 is 14.3 Å². The highest BCUT2D eigenvalue weighted by molar-refractivity contribution is 6.99. The Morgan fingerprint density at radius 3 is 1.97 bits per heavy atom. The molecule has 0 unspecified atom stereocenters. The summed E-state index contributed by atoms with van der Waals surface area (Å²) >= 11 is 0. The van der Waals surface area contributed by atoms with Crippen LogP contribution in [0.15, 0.2) is 72.3 Å². The number of carbonyl (C=O) groups excluding carboxylic acids is 2. The third-order valence-electron chi connectivity index (χ3n) is 5.31. The largest absolute Gasteiger partial charge is 0.461 e. The first-order valence-corrected chi connectivity index (χ1v) is 11.8. The number of carbonyl (C=O) groups is 2. The molecule has 0 amide bonds. The number of ketones is 1. The monoisotopic (exact) mass is 408 g/mol. The van der Waals surface area contributed by atoms with E-state index >= 15 is 0 Å². The van der Waals surface area contributed by atoms with Gasteiger partial charge in [0.05, 0.1) is 6.10 Å². The normalized spacial score (nSPS) is 17.2. The molecule has 1 aliphatic rings. The number of hydrogen-bond donors (Lipinski definition) is 0. The van der Waals surface area contributed by atoms with Crippen LogP contribution in [0.1, 0.15) is 34.1 Å². The second-order valence-corrected chi connectivity index (χ2v) is 12.7. The van der Waals surface area contributed by atoms with E-state index in [-0.39, 0.29) is 30.0 Å². The first-order chi connectivity index (χ1) is 13.7. The zero-order valence-electron chi connectivity index (χ0n) is 17.5. The van der Waals surface area contributed by atoms with E-state index in [0.29, 0.717) is 5.57 Å². The van der Waals surface area contributed by atoms with Gasteiger partial charge in [0.2, 0.25) is 0 Å². The minimum atomic E-state index is -2.72. The average Bonchev–Trinajstić information content (AvgIpc) is 3.04. The van der Waals surface area contributed by atoms with E-state index in [2.05, 4.69) is 45.0 Å². The van der Waals surface area contributed by atoms with Gasteiger partial charge in [0, 0.05) is 18.9 Å². The highest BCUT2D eigenvalue weighted by Gasteiger charge is 2.51. The van der Waals surface area contributed by atoms with Crippen LogP contribution >= 0.6 is 0 Å². The zero-order valence-corrected chi connectivity index (χ0v) is 18.5. The Labute approximate surface area is 173 Å². The number of rotatable bonds is 6. The molecular formula is C24H28O4Si. The van der Waals surface area contributed by atoms with E-state index in [1.807, 2.05) is 42.5 Å². The minimum absolute atomic E-state index is 0.00870. The molecule has 0 fully saturated rings. The molecule has 0 saturated carbocycles. The van der Waals surface area contributed by atoms with E-state index in [0.717, 1.165) is 0 Å². The van der Waals surface area contributed by atoms with Gasteiger partial charge in [0.25, 0.3) is 8.32 Å². The highest BCUT2D eigenvalue weighted by atomic mass is 28.4. The molecule has 2 aromatic carbocycles. The van der Waals surface area contributed by atoms with Crippen LogP contribution in [0.2, 0.25) is 5.04 Å². The number of esters is 1. The fourth-order valence-corrected chi connectivity index (χ4v) is 8.61. The molecule has 0 heterocycles. The topological polar surface area (TPSA) is 52.6 Å². The molecule has 0 N–H and O–H groups in total. The van der Waals surface area contributed by atoms with Crippen molar-refractivity contribution >= 4 is 30.4 Å². The maximum Gasteiger partial charge on any atom is 0.302 e. The van der Waals surface area contributed by atoms with Crippen molar-refractivity contribution in [3.8, 4) is 0 Å². The summed E-state index contributed by atoms with van der Waals surface area (Å²) in [6, 6.07) is 20.7. The average molecular weight is 409 g/mol. The second-order valence-electron chi connectivity index (χ2n) is 8.42. The van der Waals surface area contributed by atoms with Crippen molar-refractivity contribution in [1.29, 1.82) is 0 Å². The van der Waals surface area contributed by atoms with Gasteiger partial charge in [-0.3, -0.25) is 9.59 Å². The van der Waals surface area contributed by atoms with Crippen molar-refractivity contribution in [1.82, 2.24) is 0 Å². The Morgan fingerprint density at radius 1 is 1.00 bits per heavy atom. The quantitative estimate of drug-likeness (QED) is 0.543. The maximum absolute atomic E-state index is 12.5. The summed E-state index contributed by atoms with van der Waals surface area (Å²) in [5.74, 6) is -0.413. The number of hydrogen-bond acceptors (Lipinski definition) is 4. The van der Waals surface area contributed by atoms with Crippen LogP contribution in [0.25, 0.3) is 0 Å².